The van der Waals surface area contributed by atoms with Gasteiger partial charge < -0.3 is 15.0 Å². The number of nitrogens with zero attached hydrogens (tertiary/aromatic N) is 2. The quantitative estimate of drug-likeness (QED) is 0.453. The summed E-state index contributed by atoms with van der Waals surface area (Å²) in [6.45, 7) is 0. The van der Waals surface area contributed by atoms with E-state index in [-0.39, 0.29) is 5.91 Å². The van der Waals surface area contributed by atoms with Gasteiger partial charge in [0, 0.05) is 6.20 Å². The fourth-order valence-corrected chi connectivity index (χ4v) is 3.03. The number of hydrogen-bond acceptors (Lipinski definition) is 6. The molecule has 128 valence electrons. The Morgan fingerprint density at radius 3 is 2.96 bits per heavy atom. The van der Waals surface area contributed by atoms with Crippen molar-refractivity contribution >= 4 is 45.9 Å². The smallest absolute Gasteiger partial charge is 0.287 e. The van der Waals surface area contributed by atoms with Gasteiger partial charge in [-0.3, -0.25) is 4.79 Å². The van der Waals surface area contributed by atoms with Crippen molar-refractivity contribution in [2.24, 2.45) is 5.10 Å². The van der Waals surface area contributed by atoms with E-state index in [1.165, 1.54) is 17.6 Å². The molecule has 3 aromatic rings. The molecule has 1 amide bonds. The minimum absolute atomic E-state index is 0.292. The van der Waals surface area contributed by atoms with Gasteiger partial charge in [-0.25, -0.2) is 10.4 Å². The molecule has 0 saturated carbocycles. The van der Waals surface area contributed by atoms with Crippen molar-refractivity contribution in [1.82, 2.24) is 15.4 Å². The lowest BCUT2D eigenvalue weighted by atomic mass is 10.3. The van der Waals surface area contributed by atoms with Crippen LogP contribution in [0.2, 0.25) is 5.15 Å². The first kappa shape index (κ1) is 17.0. The number of ether oxygens (including phenoxy) is 1. The molecule has 3 rings (SSSR count). The van der Waals surface area contributed by atoms with E-state index in [9.17, 15) is 4.79 Å². The number of para-hydroxylation sites is 2. The number of carbonyl (C=O) groups excluding carboxylic acids is 1. The van der Waals surface area contributed by atoms with Crippen molar-refractivity contribution in [3.63, 3.8) is 0 Å². The molecule has 0 aliphatic heterocycles. The maximum absolute atomic E-state index is 11.8. The maximum atomic E-state index is 11.8. The third-order valence-electron chi connectivity index (χ3n) is 3.15. The summed E-state index contributed by atoms with van der Waals surface area (Å²) in [5.41, 5.74) is 3.62. The van der Waals surface area contributed by atoms with Crippen LogP contribution in [0.15, 0.2) is 47.7 Å². The van der Waals surface area contributed by atoms with Crippen molar-refractivity contribution in [3.05, 3.63) is 58.3 Å². The van der Waals surface area contributed by atoms with Crippen LogP contribution in [-0.4, -0.2) is 29.2 Å². The molecule has 0 aliphatic rings. The topological polar surface area (TPSA) is 91.4 Å². The number of benzene rings is 1. The fourth-order valence-electron chi connectivity index (χ4n) is 1.99. The number of H-pyrrole nitrogens is 1. The summed E-state index contributed by atoms with van der Waals surface area (Å²) >= 11 is 7.42. The lowest BCUT2D eigenvalue weighted by Gasteiger charge is -2.07. The van der Waals surface area contributed by atoms with Crippen LogP contribution < -0.4 is 15.5 Å². The Labute approximate surface area is 152 Å². The lowest BCUT2D eigenvalue weighted by molar-refractivity contribution is 0.0951. The Kier molecular flexibility index (Phi) is 5.32. The Balaban J connectivity index is 1.68. The third-order valence-corrected chi connectivity index (χ3v) is 4.45. The number of rotatable bonds is 6. The number of methoxy groups -OCH3 is 1. The molecular formula is C16H14ClN5O2S. The van der Waals surface area contributed by atoms with Crippen LogP contribution in [0.3, 0.4) is 0 Å². The highest BCUT2D eigenvalue weighted by Crippen LogP contribution is 2.31. The summed E-state index contributed by atoms with van der Waals surface area (Å²) in [4.78, 5) is 19.4. The number of aromatic amines is 1. The number of carbonyl (C=O) groups is 1. The van der Waals surface area contributed by atoms with E-state index in [0.29, 0.717) is 26.6 Å². The molecule has 0 unspecified atom stereocenters. The second-order valence-corrected chi connectivity index (χ2v) is 6.17. The van der Waals surface area contributed by atoms with Gasteiger partial charge in [-0.2, -0.15) is 5.10 Å². The van der Waals surface area contributed by atoms with Crippen LogP contribution in [0.1, 0.15) is 15.4 Å². The predicted octanol–water partition coefficient (Wildman–Crippen LogP) is 3.64. The third kappa shape index (κ3) is 4.17. The van der Waals surface area contributed by atoms with Gasteiger partial charge >= 0.3 is 0 Å². The molecule has 0 saturated heterocycles. The zero-order chi connectivity index (χ0) is 17.6. The summed E-state index contributed by atoms with van der Waals surface area (Å²) in [6, 6.07) is 10.9. The van der Waals surface area contributed by atoms with E-state index in [4.69, 9.17) is 16.3 Å². The van der Waals surface area contributed by atoms with Gasteiger partial charge in [-0.05, 0) is 24.3 Å². The van der Waals surface area contributed by atoms with Crippen LogP contribution in [0.25, 0.3) is 0 Å². The normalized spacial score (nSPS) is 10.8. The average molecular weight is 376 g/mol. The second-order valence-electron chi connectivity index (χ2n) is 4.78. The number of thiazole rings is 1. The zero-order valence-corrected chi connectivity index (χ0v) is 14.7. The Morgan fingerprint density at radius 2 is 2.20 bits per heavy atom. The standard InChI is InChI=1S/C16H14ClN5O2S/c1-24-12-7-3-2-5-10(12)20-16-21-14(17)13(25-16)9-19-22-15(23)11-6-4-8-18-11/h2-9,18H,1H3,(H,20,21)(H,22,23)/b19-9+. The number of hydrazone groups is 1. The van der Waals surface area contributed by atoms with E-state index in [1.807, 2.05) is 24.3 Å². The average Bonchev–Trinajstić information content (AvgIpc) is 3.26. The van der Waals surface area contributed by atoms with Gasteiger partial charge in [0.25, 0.3) is 5.91 Å². The molecule has 0 fully saturated rings. The zero-order valence-electron chi connectivity index (χ0n) is 13.1. The van der Waals surface area contributed by atoms with Crippen LogP contribution in [0.4, 0.5) is 10.8 Å². The predicted molar refractivity (Wildman–Crippen MR) is 99.3 cm³/mol. The van der Waals surface area contributed by atoms with Crippen LogP contribution in [0.5, 0.6) is 5.75 Å². The molecular weight excluding hydrogens is 362 g/mol. The summed E-state index contributed by atoms with van der Waals surface area (Å²) in [7, 11) is 1.60. The number of nitrogens with one attached hydrogen (secondary N) is 3. The largest absolute Gasteiger partial charge is 0.495 e. The first-order chi connectivity index (χ1) is 12.2. The van der Waals surface area contributed by atoms with Crippen LogP contribution in [0, 0.1) is 0 Å². The molecule has 0 spiro atoms. The summed E-state index contributed by atoms with van der Waals surface area (Å²) in [5.74, 6) is 0.358. The van der Waals surface area contributed by atoms with Crippen LogP contribution in [-0.2, 0) is 0 Å². The molecule has 1 aromatic carbocycles. The van der Waals surface area contributed by atoms with Gasteiger partial charge in [0.15, 0.2) is 10.3 Å². The summed E-state index contributed by atoms with van der Waals surface area (Å²) in [6.07, 6.45) is 3.11. The monoisotopic (exact) mass is 375 g/mol. The number of hydrogen-bond donors (Lipinski definition) is 3. The number of anilines is 2. The molecule has 0 atom stereocenters. The summed E-state index contributed by atoms with van der Waals surface area (Å²) in [5, 5.41) is 7.93. The number of amides is 1. The Hall–Kier alpha value is -2.84. The molecule has 2 aromatic heterocycles. The van der Waals surface area contributed by atoms with E-state index in [0.717, 1.165) is 5.69 Å². The Bertz CT molecular complexity index is 892. The van der Waals surface area contributed by atoms with Crippen molar-refractivity contribution < 1.29 is 9.53 Å². The molecule has 0 bridgehead atoms. The molecule has 0 aliphatic carbocycles. The van der Waals surface area contributed by atoms with Gasteiger partial charge in [0.1, 0.15) is 11.4 Å². The van der Waals surface area contributed by atoms with Gasteiger partial charge in [-0.1, -0.05) is 35.1 Å². The maximum Gasteiger partial charge on any atom is 0.287 e. The van der Waals surface area contributed by atoms with Gasteiger partial charge in [0.2, 0.25) is 0 Å². The highest BCUT2D eigenvalue weighted by atomic mass is 35.5. The van der Waals surface area contributed by atoms with E-state index >= 15 is 0 Å². The first-order valence-corrected chi connectivity index (χ1v) is 8.40. The van der Waals surface area contributed by atoms with E-state index < -0.39 is 0 Å². The van der Waals surface area contributed by atoms with Crippen molar-refractivity contribution in [3.8, 4) is 5.75 Å². The number of aromatic nitrogens is 2. The first-order valence-electron chi connectivity index (χ1n) is 7.20. The van der Waals surface area contributed by atoms with Crippen LogP contribution >= 0.6 is 22.9 Å². The molecule has 0 radical (unpaired) electrons. The minimum atomic E-state index is -0.339. The Morgan fingerprint density at radius 1 is 1.36 bits per heavy atom. The summed E-state index contributed by atoms with van der Waals surface area (Å²) < 4.78 is 5.29. The molecule has 9 heteroatoms. The van der Waals surface area contributed by atoms with E-state index in [1.54, 1.807) is 25.4 Å². The SMILES string of the molecule is COc1ccccc1Nc1nc(Cl)c(/C=N/NC(=O)c2ccc[nH]2)s1. The van der Waals surface area contributed by atoms with Crippen molar-refractivity contribution in [2.75, 3.05) is 12.4 Å². The lowest BCUT2D eigenvalue weighted by Crippen LogP contribution is -2.17. The minimum Gasteiger partial charge on any atom is -0.495 e. The fraction of sp³-hybridized carbons (Fsp3) is 0.0625. The highest BCUT2D eigenvalue weighted by molar-refractivity contribution is 7.17. The molecule has 7 nitrogen and oxygen atoms in total. The van der Waals surface area contributed by atoms with Crippen molar-refractivity contribution in [2.45, 2.75) is 0 Å². The second kappa shape index (κ2) is 7.82. The van der Waals surface area contributed by atoms with Gasteiger partial charge in [0.05, 0.1) is 23.9 Å². The van der Waals surface area contributed by atoms with E-state index in [2.05, 4.69) is 25.8 Å². The van der Waals surface area contributed by atoms with Crippen molar-refractivity contribution in [1.29, 1.82) is 0 Å². The highest BCUT2D eigenvalue weighted by Gasteiger charge is 2.10. The molecule has 2 heterocycles. The van der Waals surface area contributed by atoms with Gasteiger partial charge in [-0.15, -0.1) is 0 Å². The number of halogens is 1. The molecule has 25 heavy (non-hydrogen) atoms. The molecule has 3 N–H and O–H groups in total.